The molecule has 2 fully saturated rings. The van der Waals surface area contributed by atoms with Crippen molar-refractivity contribution in [1.82, 2.24) is 8.61 Å². The topological polar surface area (TPSA) is 66.6 Å². The van der Waals surface area contributed by atoms with Crippen molar-refractivity contribution in [2.75, 3.05) is 19.6 Å². The van der Waals surface area contributed by atoms with E-state index in [1.807, 2.05) is 18.2 Å². The van der Waals surface area contributed by atoms with E-state index in [1.54, 1.807) is 8.61 Å². The Bertz CT molecular complexity index is 697. The normalized spacial score (nSPS) is 31.1. The summed E-state index contributed by atoms with van der Waals surface area (Å²) in [5, 5.41) is 0. The van der Waals surface area contributed by atoms with Gasteiger partial charge in [-0.05, 0) is 42.2 Å². The molecule has 0 amide bonds. The Morgan fingerprint density at radius 2 is 1.79 bits per heavy atom. The summed E-state index contributed by atoms with van der Waals surface area (Å²) in [6.45, 7) is 2.33. The summed E-state index contributed by atoms with van der Waals surface area (Å²) in [4.78, 5) is 0. The van der Waals surface area contributed by atoms with E-state index >= 15 is 0 Å². The van der Waals surface area contributed by atoms with Crippen LogP contribution in [0.3, 0.4) is 0 Å². The minimum absolute atomic E-state index is 0. The maximum Gasteiger partial charge on any atom is 0.282 e. The first kappa shape index (κ1) is 18.1. The summed E-state index contributed by atoms with van der Waals surface area (Å²) in [6, 6.07) is 8.31. The molecule has 1 saturated heterocycles. The number of halogens is 1. The standard InChI is InChI=1S/C17H25N3O2S.ClH/c18-17-7-3-6-15-11-20(12-16(15)17)23(21,22)19-9-8-13-4-1-2-5-14(13)10-19;/h1-2,4-5,15-17H,3,6-12,18H2;1H. The van der Waals surface area contributed by atoms with Crippen LogP contribution in [0.25, 0.3) is 0 Å². The van der Waals surface area contributed by atoms with Crippen molar-refractivity contribution in [2.24, 2.45) is 17.6 Å². The molecule has 0 spiro atoms. The summed E-state index contributed by atoms with van der Waals surface area (Å²) in [5.74, 6) is 0.793. The lowest BCUT2D eigenvalue weighted by Crippen LogP contribution is -2.45. The molecular formula is C17H26ClN3O2S. The predicted octanol–water partition coefficient (Wildman–Crippen LogP) is 1.77. The Kier molecular flexibility index (Phi) is 5.23. The van der Waals surface area contributed by atoms with Crippen molar-refractivity contribution in [2.45, 2.75) is 38.3 Å². The van der Waals surface area contributed by atoms with E-state index in [-0.39, 0.29) is 18.4 Å². The van der Waals surface area contributed by atoms with Gasteiger partial charge in [0.25, 0.3) is 10.2 Å². The van der Waals surface area contributed by atoms with Crippen molar-refractivity contribution in [3.05, 3.63) is 35.4 Å². The summed E-state index contributed by atoms with van der Waals surface area (Å²) in [7, 11) is -3.38. The molecule has 3 unspecified atom stereocenters. The van der Waals surface area contributed by atoms with Gasteiger partial charge in [-0.2, -0.15) is 17.0 Å². The van der Waals surface area contributed by atoms with Gasteiger partial charge in [0.1, 0.15) is 0 Å². The van der Waals surface area contributed by atoms with Gasteiger partial charge in [0.05, 0.1) is 0 Å². The van der Waals surface area contributed by atoms with Gasteiger partial charge in [-0.1, -0.05) is 30.7 Å². The molecule has 2 heterocycles. The minimum atomic E-state index is -3.38. The quantitative estimate of drug-likeness (QED) is 0.861. The highest BCUT2D eigenvalue weighted by Gasteiger charge is 2.44. The number of nitrogens with zero attached hydrogens (tertiary/aromatic N) is 2. The molecular weight excluding hydrogens is 346 g/mol. The second-order valence-electron chi connectivity index (χ2n) is 7.20. The molecule has 134 valence electrons. The Hall–Kier alpha value is -0.660. The van der Waals surface area contributed by atoms with E-state index in [0.29, 0.717) is 38.0 Å². The zero-order valence-electron chi connectivity index (χ0n) is 13.8. The van der Waals surface area contributed by atoms with E-state index in [1.165, 1.54) is 5.56 Å². The molecule has 2 aliphatic heterocycles. The Morgan fingerprint density at radius 1 is 1.04 bits per heavy atom. The highest BCUT2D eigenvalue weighted by atomic mass is 35.5. The van der Waals surface area contributed by atoms with Crippen LogP contribution >= 0.6 is 12.4 Å². The number of hydrogen-bond acceptors (Lipinski definition) is 3. The highest BCUT2D eigenvalue weighted by Crippen LogP contribution is 2.37. The molecule has 1 aromatic carbocycles. The number of fused-ring (bicyclic) bond motifs is 2. The third-order valence-electron chi connectivity index (χ3n) is 5.87. The maximum atomic E-state index is 13.1. The summed E-state index contributed by atoms with van der Waals surface area (Å²) >= 11 is 0. The number of benzene rings is 1. The van der Waals surface area contributed by atoms with Gasteiger partial charge in [-0.15, -0.1) is 12.4 Å². The van der Waals surface area contributed by atoms with Crippen LogP contribution in [-0.2, 0) is 23.2 Å². The number of hydrogen-bond donors (Lipinski definition) is 1. The average molecular weight is 372 g/mol. The second-order valence-corrected chi connectivity index (χ2v) is 9.12. The minimum Gasteiger partial charge on any atom is -0.327 e. The monoisotopic (exact) mass is 371 g/mol. The van der Waals surface area contributed by atoms with E-state index in [0.717, 1.165) is 31.2 Å². The van der Waals surface area contributed by atoms with Gasteiger partial charge < -0.3 is 5.73 Å². The molecule has 3 atom stereocenters. The van der Waals surface area contributed by atoms with Crippen molar-refractivity contribution in [1.29, 1.82) is 0 Å². The second kappa shape index (κ2) is 6.92. The zero-order chi connectivity index (χ0) is 16.0. The van der Waals surface area contributed by atoms with Gasteiger partial charge in [0, 0.05) is 32.2 Å². The van der Waals surface area contributed by atoms with Crippen LogP contribution in [-0.4, -0.2) is 42.7 Å². The van der Waals surface area contributed by atoms with E-state index in [4.69, 9.17) is 5.73 Å². The van der Waals surface area contributed by atoms with Gasteiger partial charge in [-0.25, -0.2) is 0 Å². The molecule has 0 radical (unpaired) electrons. The fourth-order valence-electron chi connectivity index (χ4n) is 4.49. The Labute approximate surface area is 150 Å². The molecule has 0 aromatic heterocycles. The first-order valence-electron chi connectivity index (χ1n) is 8.63. The van der Waals surface area contributed by atoms with Gasteiger partial charge in [0.2, 0.25) is 0 Å². The maximum absolute atomic E-state index is 13.1. The molecule has 5 nitrogen and oxygen atoms in total. The van der Waals surface area contributed by atoms with Crippen LogP contribution < -0.4 is 5.73 Å². The van der Waals surface area contributed by atoms with Crippen LogP contribution in [0, 0.1) is 11.8 Å². The van der Waals surface area contributed by atoms with Crippen molar-refractivity contribution in [3.63, 3.8) is 0 Å². The Balaban J connectivity index is 0.00000169. The first-order valence-corrected chi connectivity index (χ1v) is 10.0. The van der Waals surface area contributed by atoms with Crippen molar-refractivity contribution in [3.8, 4) is 0 Å². The van der Waals surface area contributed by atoms with Crippen LogP contribution in [0.15, 0.2) is 24.3 Å². The van der Waals surface area contributed by atoms with Gasteiger partial charge in [0.15, 0.2) is 0 Å². The third-order valence-corrected chi connectivity index (χ3v) is 7.78. The first-order chi connectivity index (χ1) is 11.1. The summed E-state index contributed by atoms with van der Waals surface area (Å²) < 4.78 is 29.5. The molecule has 1 saturated carbocycles. The predicted molar refractivity (Wildman–Crippen MR) is 97.1 cm³/mol. The van der Waals surface area contributed by atoms with E-state index in [2.05, 4.69) is 6.07 Å². The number of rotatable bonds is 2. The molecule has 3 aliphatic rings. The molecule has 24 heavy (non-hydrogen) atoms. The van der Waals surface area contributed by atoms with E-state index < -0.39 is 10.2 Å². The van der Waals surface area contributed by atoms with Gasteiger partial charge >= 0.3 is 0 Å². The van der Waals surface area contributed by atoms with E-state index in [9.17, 15) is 8.42 Å². The number of nitrogens with two attached hydrogens (primary N) is 1. The SMILES string of the molecule is Cl.NC1CCCC2CN(S(=O)(=O)N3CCc4ccccc4C3)CC12. The molecule has 7 heteroatoms. The van der Waals surface area contributed by atoms with Crippen LogP contribution in [0.1, 0.15) is 30.4 Å². The largest absolute Gasteiger partial charge is 0.327 e. The lowest BCUT2D eigenvalue weighted by Gasteiger charge is -2.31. The van der Waals surface area contributed by atoms with Gasteiger partial charge in [-0.3, -0.25) is 0 Å². The summed E-state index contributed by atoms with van der Waals surface area (Å²) in [6.07, 6.45) is 4.09. The van der Waals surface area contributed by atoms with Crippen LogP contribution in [0.5, 0.6) is 0 Å². The molecule has 2 N–H and O–H groups in total. The smallest absolute Gasteiger partial charge is 0.282 e. The highest BCUT2D eigenvalue weighted by molar-refractivity contribution is 7.86. The molecule has 1 aromatic rings. The fraction of sp³-hybridized carbons (Fsp3) is 0.647. The lowest BCUT2D eigenvalue weighted by molar-refractivity contribution is 0.259. The fourth-order valence-corrected chi connectivity index (χ4v) is 6.19. The van der Waals surface area contributed by atoms with Crippen LogP contribution in [0.4, 0.5) is 0 Å². The Morgan fingerprint density at radius 3 is 2.54 bits per heavy atom. The van der Waals surface area contributed by atoms with Crippen molar-refractivity contribution < 1.29 is 8.42 Å². The molecule has 4 rings (SSSR count). The average Bonchev–Trinajstić information content (AvgIpc) is 3.01. The zero-order valence-corrected chi connectivity index (χ0v) is 15.4. The lowest BCUT2D eigenvalue weighted by atomic mass is 9.78. The summed E-state index contributed by atoms with van der Waals surface area (Å²) in [5.41, 5.74) is 8.64. The molecule has 0 bridgehead atoms. The van der Waals surface area contributed by atoms with Crippen molar-refractivity contribution >= 4 is 22.6 Å². The molecule has 1 aliphatic carbocycles. The third kappa shape index (κ3) is 3.10. The van der Waals surface area contributed by atoms with Crippen LogP contribution in [0.2, 0.25) is 0 Å².